The van der Waals surface area contributed by atoms with Crippen molar-refractivity contribution in [1.29, 1.82) is 0 Å². The summed E-state index contributed by atoms with van der Waals surface area (Å²) in [6.07, 6.45) is 5.17. The van der Waals surface area contributed by atoms with Crippen molar-refractivity contribution in [1.82, 2.24) is 40.4 Å². The predicted octanol–water partition coefficient (Wildman–Crippen LogP) is 9.55. The number of amides is 4. The third-order valence-electron chi connectivity index (χ3n) is 13.6. The van der Waals surface area contributed by atoms with Crippen LogP contribution < -0.4 is 10.6 Å². The van der Waals surface area contributed by atoms with Gasteiger partial charge in [0.15, 0.2) is 0 Å². The Kier molecular flexibility index (Phi) is 12.7. The number of nitrogens with one attached hydrogen (secondary N) is 4. The number of fused-ring (bicyclic) bond motifs is 4. The molecule has 3 fully saturated rings. The van der Waals surface area contributed by atoms with Gasteiger partial charge in [-0.25, -0.2) is 19.6 Å². The van der Waals surface area contributed by atoms with Gasteiger partial charge in [-0.05, 0) is 107 Å². The molecule has 1 saturated carbocycles. The summed E-state index contributed by atoms with van der Waals surface area (Å²) in [6, 6.07) is 26.1. The molecule has 6 atom stereocenters. The van der Waals surface area contributed by atoms with Crippen LogP contribution in [0, 0.1) is 17.8 Å². The number of ether oxygens (including phenoxy) is 2. The van der Waals surface area contributed by atoms with Gasteiger partial charge in [0.25, 0.3) is 0 Å². The fourth-order valence-electron chi connectivity index (χ4n) is 10.2. The first-order chi connectivity index (χ1) is 30.9. The number of rotatable bonds is 11. The number of piperidine rings is 1. The van der Waals surface area contributed by atoms with Crippen molar-refractivity contribution >= 4 is 45.8 Å². The molecule has 4 heterocycles. The van der Waals surface area contributed by atoms with Crippen LogP contribution in [0.25, 0.3) is 55.3 Å². The Labute approximate surface area is 379 Å². The normalized spacial score (nSPS) is 20.0. The van der Waals surface area contributed by atoms with Crippen molar-refractivity contribution in [3.05, 3.63) is 96.7 Å². The predicted molar refractivity (Wildman–Crippen MR) is 252 cm³/mol. The SMILES string of the molecule is C.COC(=O)N[C@H](C(=O)N1CCC[C@H]1c1ncc(-c2ccc3cc(-c4ccc(-c5ccc6nc([C@@H]7[C@H]8CC[C@H](C8)N7C(=O)[C@@H](NC(=O)OC)C(C)C)[nH]c6c5)cc4)ccc3c2)[nH]1)C(C)C. The second-order valence-corrected chi connectivity index (χ2v) is 18.2. The Hall–Kier alpha value is -6.70. The third kappa shape index (κ3) is 8.65. The van der Waals surface area contributed by atoms with Gasteiger partial charge in [0.1, 0.15) is 23.7 Å². The molecule has 65 heavy (non-hydrogen) atoms. The first-order valence-corrected chi connectivity index (χ1v) is 22.4. The molecule has 2 aromatic heterocycles. The van der Waals surface area contributed by atoms with Gasteiger partial charge in [0, 0.05) is 18.2 Å². The minimum Gasteiger partial charge on any atom is -0.453 e. The van der Waals surface area contributed by atoms with Crippen LogP contribution in [0.4, 0.5) is 9.59 Å². The van der Waals surface area contributed by atoms with E-state index in [1.165, 1.54) is 14.2 Å². The lowest BCUT2D eigenvalue weighted by atomic mass is 9.95. The minimum absolute atomic E-state index is 0. The van der Waals surface area contributed by atoms with E-state index in [4.69, 9.17) is 19.4 Å². The topological polar surface area (TPSA) is 175 Å². The van der Waals surface area contributed by atoms with Crippen LogP contribution in [0.2, 0.25) is 0 Å². The molecule has 4 amide bonds. The summed E-state index contributed by atoms with van der Waals surface area (Å²) in [5, 5.41) is 7.70. The highest BCUT2D eigenvalue weighted by Gasteiger charge is 2.51. The lowest BCUT2D eigenvalue weighted by Crippen LogP contribution is -2.54. The first kappa shape index (κ1) is 44.9. The molecule has 2 saturated heterocycles. The maximum Gasteiger partial charge on any atom is 0.407 e. The third-order valence-corrected chi connectivity index (χ3v) is 13.6. The van der Waals surface area contributed by atoms with Crippen LogP contribution in [-0.2, 0) is 19.1 Å². The Morgan fingerprint density at radius 2 is 1.28 bits per heavy atom. The molecule has 9 rings (SSSR count). The smallest absolute Gasteiger partial charge is 0.407 e. The molecule has 340 valence electrons. The molecule has 0 unspecified atom stereocenters. The Balaban J connectivity index is 0.00000576. The van der Waals surface area contributed by atoms with Gasteiger partial charge in [-0.2, -0.15) is 0 Å². The Morgan fingerprint density at radius 1 is 0.692 bits per heavy atom. The average Bonchev–Trinajstić information content (AvgIpc) is 4.17. The molecule has 0 radical (unpaired) electrons. The van der Waals surface area contributed by atoms with Gasteiger partial charge in [-0.1, -0.05) is 89.7 Å². The van der Waals surface area contributed by atoms with Crippen molar-refractivity contribution in [3.63, 3.8) is 0 Å². The van der Waals surface area contributed by atoms with Crippen LogP contribution in [0.15, 0.2) is 85.1 Å². The van der Waals surface area contributed by atoms with E-state index in [1.807, 2.05) is 49.8 Å². The fourth-order valence-corrected chi connectivity index (χ4v) is 10.2. The van der Waals surface area contributed by atoms with Crippen molar-refractivity contribution in [2.24, 2.45) is 17.8 Å². The summed E-state index contributed by atoms with van der Waals surface area (Å²) in [6.45, 7) is 8.28. The highest BCUT2D eigenvalue weighted by atomic mass is 16.5. The zero-order valence-corrected chi connectivity index (χ0v) is 37.2. The molecule has 14 nitrogen and oxygen atoms in total. The number of likely N-dealkylation sites (tertiary alicyclic amines) is 2. The zero-order chi connectivity index (χ0) is 44.8. The van der Waals surface area contributed by atoms with E-state index in [0.717, 1.165) is 99.1 Å². The van der Waals surface area contributed by atoms with E-state index in [-0.39, 0.29) is 49.2 Å². The second-order valence-electron chi connectivity index (χ2n) is 18.2. The van der Waals surface area contributed by atoms with Crippen LogP contribution >= 0.6 is 0 Å². The summed E-state index contributed by atoms with van der Waals surface area (Å²) in [4.78, 5) is 72.5. The number of carbonyl (C=O) groups is 4. The van der Waals surface area contributed by atoms with Gasteiger partial charge in [-0.15, -0.1) is 0 Å². The highest BCUT2D eigenvalue weighted by molar-refractivity contribution is 5.91. The number of hydrogen-bond donors (Lipinski definition) is 4. The number of hydrogen-bond acceptors (Lipinski definition) is 8. The molecule has 0 spiro atoms. The minimum atomic E-state index is -0.688. The van der Waals surface area contributed by atoms with Crippen LogP contribution in [-0.4, -0.2) is 92.6 Å². The van der Waals surface area contributed by atoms with Crippen molar-refractivity contribution in [2.45, 2.75) is 97.4 Å². The maximum absolute atomic E-state index is 14.0. The molecule has 4 aromatic carbocycles. The number of imidazole rings is 2. The summed E-state index contributed by atoms with van der Waals surface area (Å²) >= 11 is 0. The monoisotopic (exact) mass is 880 g/mol. The number of aromatic nitrogens is 4. The molecular weight excluding hydrogens is 821 g/mol. The van der Waals surface area contributed by atoms with E-state index >= 15 is 0 Å². The molecule has 3 aliphatic rings. The van der Waals surface area contributed by atoms with Crippen molar-refractivity contribution in [2.75, 3.05) is 20.8 Å². The molecule has 2 bridgehead atoms. The second kappa shape index (κ2) is 18.4. The summed E-state index contributed by atoms with van der Waals surface area (Å²) < 4.78 is 9.62. The number of alkyl carbamates (subject to hydrolysis) is 2. The summed E-state index contributed by atoms with van der Waals surface area (Å²) in [5.41, 5.74) is 8.01. The van der Waals surface area contributed by atoms with E-state index in [2.05, 4.69) is 93.4 Å². The van der Waals surface area contributed by atoms with Crippen LogP contribution in [0.3, 0.4) is 0 Å². The van der Waals surface area contributed by atoms with Crippen molar-refractivity contribution in [3.8, 4) is 33.5 Å². The first-order valence-electron chi connectivity index (χ1n) is 22.4. The van der Waals surface area contributed by atoms with E-state index in [9.17, 15) is 19.2 Å². The van der Waals surface area contributed by atoms with Gasteiger partial charge < -0.3 is 39.9 Å². The van der Waals surface area contributed by atoms with Gasteiger partial charge in [0.05, 0.1) is 49.2 Å². The van der Waals surface area contributed by atoms with Crippen LogP contribution in [0.1, 0.15) is 91.0 Å². The maximum atomic E-state index is 14.0. The number of H-pyrrole nitrogens is 2. The number of carbonyl (C=O) groups excluding carboxylic acids is 4. The molecular formula is C51H60N8O6. The molecule has 1 aliphatic carbocycles. The Morgan fingerprint density at radius 3 is 1.92 bits per heavy atom. The lowest BCUT2D eigenvalue weighted by molar-refractivity contribution is -0.139. The van der Waals surface area contributed by atoms with Crippen molar-refractivity contribution < 1.29 is 28.7 Å². The molecule has 4 N–H and O–H groups in total. The Bertz CT molecular complexity index is 2720. The fraction of sp³-hybridized carbons (Fsp3) is 0.412. The molecule has 6 aromatic rings. The largest absolute Gasteiger partial charge is 0.453 e. The number of methoxy groups -OCH3 is 2. The number of nitrogens with zero attached hydrogens (tertiary/aromatic N) is 4. The lowest BCUT2D eigenvalue weighted by Gasteiger charge is -2.37. The quantitative estimate of drug-likeness (QED) is 0.0996. The molecule has 2 aliphatic heterocycles. The zero-order valence-electron chi connectivity index (χ0n) is 37.2. The van der Waals surface area contributed by atoms with Crippen LogP contribution in [0.5, 0.6) is 0 Å². The standard InChI is InChI=1S/C50H56N8O6.CH4/c1-27(2)42(55-49(61)63-5)47(59)57-21-7-8-41(57)45-51-26-40(54-45)35-16-15-32-22-31(13-14-33(32)23-35)29-9-11-30(12-10-29)34-18-20-38-39(25-34)53-46(52-38)44-36-17-19-37(24-36)58(44)48(60)43(28(3)4)56-50(62)64-6;/h9-16,18,20,22-23,25-28,36-37,41-44H,7-8,17,19,21,24H2,1-6H3,(H,51,54)(H,52,53)(H,55,61)(H,56,62);1H4/t36-,37+,41-,42-,43-,44-;/m0./s1. The summed E-state index contributed by atoms with van der Waals surface area (Å²) in [7, 11) is 2.61. The van der Waals surface area contributed by atoms with Gasteiger partial charge in [0.2, 0.25) is 11.8 Å². The van der Waals surface area contributed by atoms with Gasteiger partial charge >= 0.3 is 12.2 Å². The number of aromatic amines is 2. The average molecular weight is 881 g/mol. The van der Waals surface area contributed by atoms with Gasteiger partial charge in [-0.3, -0.25) is 9.59 Å². The summed E-state index contributed by atoms with van der Waals surface area (Å²) in [5.74, 6) is 1.41. The molecule has 14 heteroatoms. The van der Waals surface area contributed by atoms with E-state index in [0.29, 0.717) is 12.5 Å². The number of benzene rings is 4. The van der Waals surface area contributed by atoms with E-state index < -0.39 is 24.3 Å². The highest BCUT2D eigenvalue weighted by Crippen LogP contribution is 2.50. The van der Waals surface area contributed by atoms with E-state index in [1.54, 1.807) is 0 Å².